The van der Waals surface area contributed by atoms with Crippen LogP contribution in [-0.4, -0.2) is 19.3 Å². The van der Waals surface area contributed by atoms with Crippen LogP contribution >= 0.6 is 11.6 Å². The second-order valence-electron chi connectivity index (χ2n) is 6.42. The highest BCUT2D eigenvalue weighted by Crippen LogP contribution is 2.45. The average molecular weight is 312 g/mol. The molecule has 0 radical (unpaired) electrons. The summed E-state index contributed by atoms with van der Waals surface area (Å²) in [5.74, 6) is 0.200. The predicted octanol–water partition coefficient (Wildman–Crippen LogP) is 4.48. The second-order valence-corrected chi connectivity index (χ2v) is 6.86. The Labute approximate surface area is 131 Å². The van der Waals surface area contributed by atoms with Gasteiger partial charge in [0.1, 0.15) is 5.82 Å². The van der Waals surface area contributed by atoms with E-state index in [1.54, 1.807) is 6.07 Å². The van der Waals surface area contributed by atoms with E-state index in [2.05, 4.69) is 5.32 Å². The van der Waals surface area contributed by atoms with Crippen molar-refractivity contribution in [1.82, 2.24) is 5.32 Å². The van der Waals surface area contributed by atoms with Crippen molar-refractivity contribution in [2.24, 2.45) is 5.92 Å². The maximum Gasteiger partial charge on any atom is 0.129 e. The van der Waals surface area contributed by atoms with E-state index in [0.717, 1.165) is 37.9 Å². The fraction of sp³-hybridized carbons (Fsp3) is 0.647. The summed E-state index contributed by atoms with van der Waals surface area (Å²) < 4.78 is 20.3. The van der Waals surface area contributed by atoms with Crippen LogP contribution in [0, 0.1) is 11.7 Å². The monoisotopic (exact) mass is 311 g/mol. The Balaban J connectivity index is 1.82. The molecule has 1 aromatic carbocycles. The van der Waals surface area contributed by atoms with E-state index in [4.69, 9.17) is 16.3 Å². The van der Waals surface area contributed by atoms with Crippen LogP contribution in [0.25, 0.3) is 0 Å². The molecule has 1 aliphatic carbocycles. The van der Waals surface area contributed by atoms with E-state index in [1.807, 2.05) is 13.1 Å². The van der Waals surface area contributed by atoms with Gasteiger partial charge in [0.25, 0.3) is 0 Å². The van der Waals surface area contributed by atoms with Gasteiger partial charge in [-0.05, 0) is 50.8 Å². The first-order valence-electron chi connectivity index (χ1n) is 7.90. The van der Waals surface area contributed by atoms with Gasteiger partial charge in [-0.1, -0.05) is 30.5 Å². The minimum absolute atomic E-state index is 0.0311. The first-order chi connectivity index (χ1) is 10.1. The number of halogens is 2. The maximum absolute atomic E-state index is 14.3. The van der Waals surface area contributed by atoms with E-state index in [-0.39, 0.29) is 17.5 Å². The molecular weight excluding hydrogens is 289 g/mol. The lowest BCUT2D eigenvalue weighted by Gasteiger charge is -2.41. The van der Waals surface area contributed by atoms with Crippen molar-refractivity contribution in [3.05, 3.63) is 34.6 Å². The van der Waals surface area contributed by atoms with Crippen LogP contribution in [0.15, 0.2) is 18.2 Å². The van der Waals surface area contributed by atoms with Gasteiger partial charge in [-0.15, -0.1) is 0 Å². The summed E-state index contributed by atoms with van der Waals surface area (Å²) in [6.45, 7) is 0.790. The summed E-state index contributed by atoms with van der Waals surface area (Å²) in [7, 11) is 1.91. The minimum Gasteiger partial charge on any atom is -0.375 e. The van der Waals surface area contributed by atoms with Crippen molar-refractivity contribution < 1.29 is 9.13 Å². The van der Waals surface area contributed by atoms with Crippen molar-refractivity contribution in [2.75, 3.05) is 13.7 Å². The highest BCUT2D eigenvalue weighted by molar-refractivity contribution is 6.30. The molecule has 1 N–H and O–H groups in total. The fourth-order valence-electron chi connectivity index (χ4n) is 4.12. The quantitative estimate of drug-likeness (QED) is 0.888. The molecule has 2 aliphatic rings. The Bertz CT molecular complexity index is 502. The third kappa shape index (κ3) is 3.10. The van der Waals surface area contributed by atoms with Crippen molar-refractivity contribution in [1.29, 1.82) is 0 Å². The molecule has 0 bridgehead atoms. The largest absolute Gasteiger partial charge is 0.375 e. The number of hydrogen-bond donors (Lipinski definition) is 1. The molecule has 1 spiro atoms. The highest BCUT2D eigenvalue weighted by Gasteiger charge is 2.42. The van der Waals surface area contributed by atoms with E-state index < -0.39 is 0 Å². The lowest BCUT2D eigenvalue weighted by Crippen LogP contribution is -2.41. The zero-order valence-electron chi connectivity index (χ0n) is 12.5. The van der Waals surface area contributed by atoms with Gasteiger partial charge in [-0.3, -0.25) is 0 Å². The topological polar surface area (TPSA) is 21.3 Å². The smallest absolute Gasteiger partial charge is 0.129 e. The number of nitrogens with one attached hydrogen (secondary N) is 1. The fourth-order valence-corrected chi connectivity index (χ4v) is 4.28. The molecule has 1 saturated heterocycles. The van der Waals surface area contributed by atoms with Gasteiger partial charge in [0.2, 0.25) is 0 Å². The van der Waals surface area contributed by atoms with Crippen LogP contribution in [0.4, 0.5) is 4.39 Å². The van der Waals surface area contributed by atoms with Gasteiger partial charge in [-0.25, -0.2) is 4.39 Å². The summed E-state index contributed by atoms with van der Waals surface area (Å²) in [6.07, 6.45) is 6.83. The predicted molar refractivity (Wildman–Crippen MR) is 83.1 cm³/mol. The average Bonchev–Trinajstić information content (AvgIpc) is 2.90. The highest BCUT2D eigenvalue weighted by atomic mass is 35.5. The number of benzene rings is 1. The number of rotatable bonds is 3. The molecule has 21 heavy (non-hydrogen) atoms. The van der Waals surface area contributed by atoms with Gasteiger partial charge >= 0.3 is 0 Å². The van der Waals surface area contributed by atoms with E-state index in [0.29, 0.717) is 10.9 Å². The third-order valence-corrected chi connectivity index (χ3v) is 5.36. The van der Waals surface area contributed by atoms with Crippen LogP contribution < -0.4 is 5.32 Å². The summed E-state index contributed by atoms with van der Waals surface area (Å²) >= 11 is 5.87. The van der Waals surface area contributed by atoms with Crippen molar-refractivity contribution in [3.8, 4) is 0 Å². The molecule has 3 rings (SSSR count). The van der Waals surface area contributed by atoms with Crippen molar-refractivity contribution in [3.63, 3.8) is 0 Å². The van der Waals surface area contributed by atoms with Crippen molar-refractivity contribution in [2.45, 2.75) is 50.2 Å². The van der Waals surface area contributed by atoms with Gasteiger partial charge in [0, 0.05) is 23.2 Å². The molecule has 2 unspecified atom stereocenters. The Morgan fingerprint density at radius 3 is 2.81 bits per heavy atom. The van der Waals surface area contributed by atoms with Crippen LogP contribution in [0.1, 0.15) is 50.1 Å². The summed E-state index contributed by atoms with van der Waals surface area (Å²) in [6, 6.07) is 5.03. The molecule has 1 aromatic rings. The molecule has 116 valence electrons. The van der Waals surface area contributed by atoms with Gasteiger partial charge in [-0.2, -0.15) is 0 Å². The number of ether oxygens (including phenoxy) is 1. The first kappa shape index (κ1) is 15.3. The molecule has 2 nitrogen and oxygen atoms in total. The maximum atomic E-state index is 14.3. The zero-order valence-corrected chi connectivity index (χ0v) is 13.3. The Hall–Kier alpha value is -0.640. The van der Waals surface area contributed by atoms with Crippen LogP contribution in [0.5, 0.6) is 0 Å². The Kier molecular flexibility index (Phi) is 4.53. The minimum atomic E-state index is -0.214. The lowest BCUT2D eigenvalue weighted by molar-refractivity contribution is -0.0980. The second kappa shape index (κ2) is 6.23. The van der Waals surface area contributed by atoms with Crippen LogP contribution in [-0.2, 0) is 4.74 Å². The van der Waals surface area contributed by atoms with E-state index >= 15 is 0 Å². The van der Waals surface area contributed by atoms with Gasteiger partial charge in [0.15, 0.2) is 0 Å². The summed E-state index contributed by atoms with van der Waals surface area (Å²) in [5, 5.41) is 3.77. The van der Waals surface area contributed by atoms with Crippen LogP contribution in [0.2, 0.25) is 5.02 Å². The van der Waals surface area contributed by atoms with Crippen LogP contribution in [0.3, 0.4) is 0 Å². The molecule has 2 atom stereocenters. The SMILES string of the molecule is CNC(c1ccc(Cl)cc1F)C1CCOC2(CCCC2)C1. The molecule has 1 saturated carbocycles. The normalized spacial score (nSPS) is 26.1. The molecule has 2 fully saturated rings. The Morgan fingerprint density at radius 2 is 2.14 bits per heavy atom. The molecule has 0 aromatic heterocycles. The summed E-state index contributed by atoms with van der Waals surface area (Å²) in [5.41, 5.74) is 0.780. The standard InChI is InChI=1S/C17H23ClFNO/c1-20-16(14-5-4-13(18)10-15(14)19)12-6-9-21-17(11-12)7-2-3-8-17/h4-5,10,12,16,20H,2-3,6-9,11H2,1H3. The third-order valence-electron chi connectivity index (χ3n) is 5.13. The van der Waals surface area contributed by atoms with Gasteiger partial charge < -0.3 is 10.1 Å². The molecule has 4 heteroatoms. The lowest BCUT2D eigenvalue weighted by atomic mass is 9.78. The van der Waals surface area contributed by atoms with Crippen molar-refractivity contribution >= 4 is 11.6 Å². The molecular formula is C17H23ClFNO. The zero-order chi connectivity index (χ0) is 14.9. The first-order valence-corrected chi connectivity index (χ1v) is 8.27. The molecule has 0 amide bonds. The van der Waals surface area contributed by atoms with Gasteiger partial charge in [0.05, 0.1) is 5.60 Å². The Morgan fingerprint density at radius 1 is 1.38 bits per heavy atom. The van der Waals surface area contributed by atoms with E-state index in [9.17, 15) is 4.39 Å². The molecule has 1 heterocycles. The van der Waals surface area contributed by atoms with E-state index in [1.165, 1.54) is 18.9 Å². The number of hydrogen-bond acceptors (Lipinski definition) is 2. The summed E-state index contributed by atoms with van der Waals surface area (Å²) in [4.78, 5) is 0. The molecule has 1 aliphatic heterocycles.